The van der Waals surface area contributed by atoms with Gasteiger partial charge in [0, 0.05) is 12.0 Å². The maximum absolute atomic E-state index is 8.74. The lowest BCUT2D eigenvalue weighted by molar-refractivity contribution is 0.704. The molecule has 0 amide bonds. The zero-order valence-electron chi connectivity index (χ0n) is 7.46. The Morgan fingerprint density at radius 2 is 2.23 bits per heavy atom. The molecule has 66 valence electrons. The van der Waals surface area contributed by atoms with Crippen LogP contribution in [0.4, 0.5) is 0 Å². The number of nitrogens with two attached hydrogens (primary N) is 1. The average Bonchev–Trinajstić information content (AvgIpc) is 2.99. The van der Waals surface area contributed by atoms with Gasteiger partial charge in [0.25, 0.3) is 0 Å². The van der Waals surface area contributed by atoms with Crippen molar-refractivity contribution in [3.05, 3.63) is 35.4 Å². The van der Waals surface area contributed by atoms with Crippen molar-refractivity contribution in [3.8, 4) is 6.07 Å². The SMILES string of the molecule is N#Cc1cccc(C2(CN)CC2)c1. The topological polar surface area (TPSA) is 49.8 Å². The summed E-state index contributed by atoms with van der Waals surface area (Å²) in [6.07, 6.45) is 2.33. The van der Waals surface area contributed by atoms with Gasteiger partial charge in [0.2, 0.25) is 0 Å². The highest BCUT2D eigenvalue weighted by molar-refractivity contribution is 5.39. The van der Waals surface area contributed by atoms with Gasteiger partial charge in [0.05, 0.1) is 11.6 Å². The summed E-state index contributed by atoms with van der Waals surface area (Å²) in [6, 6.07) is 9.94. The molecule has 2 nitrogen and oxygen atoms in total. The Balaban J connectivity index is 2.37. The van der Waals surface area contributed by atoms with Gasteiger partial charge in [-0.3, -0.25) is 0 Å². The first-order valence-electron chi connectivity index (χ1n) is 4.51. The molecule has 0 aromatic heterocycles. The Kier molecular flexibility index (Phi) is 1.82. The standard InChI is InChI=1S/C11H12N2/c12-7-9-2-1-3-10(6-9)11(8-13)4-5-11/h1-3,6H,4-5,8,13H2. The molecule has 0 aliphatic heterocycles. The molecule has 1 aromatic rings. The van der Waals surface area contributed by atoms with Gasteiger partial charge < -0.3 is 5.73 Å². The molecule has 0 spiro atoms. The van der Waals surface area contributed by atoms with Crippen molar-refractivity contribution >= 4 is 0 Å². The van der Waals surface area contributed by atoms with Crippen molar-refractivity contribution in [1.82, 2.24) is 0 Å². The molecule has 2 heteroatoms. The Morgan fingerprint density at radius 3 is 2.77 bits per heavy atom. The van der Waals surface area contributed by atoms with Gasteiger partial charge in [0.15, 0.2) is 0 Å². The van der Waals surface area contributed by atoms with Crippen LogP contribution in [0.5, 0.6) is 0 Å². The van der Waals surface area contributed by atoms with Crippen molar-refractivity contribution in [1.29, 1.82) is 5.26 Å². The van der Waals surface area contributed by atoms with Gasteiger partial charge in [-0.1, -0.05) is 12.1 Å². The minimum absolute atomic E-state index is 0.201. The molecule has 0 atom stereocenters. The van der Waals surface area contributed by atoms with Crippen molar-refractivity contribution in [2.24, 2.45) is 5.73 Å². The van der Waals surface area contributed by atoms with E-state index in [9.17, 15) is 0 Å². The Hall–Kier alpha value is -1.33. The summed E-state index contributed by atoms with van der Waals surface area (Å²) < 4.78 is 0. The maximum Gasteiger partial charge on any atom is 0.0991 e. The Morgan fingerprint density at radius 1 is 1.46 bits per heavy atom. The normalized spacial score (nSPS) is 17.8. The van der Waals surface area contributed by atoms with E-state index in [2.05, 4.69) is 12.1 Å². The largest absolute Gasteiger partial charge is 0.330 e. The Bertz CT molecular complexity index is 359. The number of hydrogen-bond donors (Lipinski definition) is 1. The minimum atomic E-state index is 0.201. The van der Waals surface area contributed by atoms with E-state index in [1.165, 1.54) is 18.4 Å². The van der Waals surface area contributed by atoms with Crippen LogP contribution in [-0.2, 0) is 5.41 Å². The molecule has 0 unspecified atom stereocenters. The molecular weight excluding hydrogens is 160 g/mol. The third-order valence-corrected chi connectivity index (χ3v) is 2.85. The number of rotatable bonds is 2. The maximum atomic E-state index is 8.74. The fourth-order valence-electron chi connectivity index (χ4n) is 1.68. The van der Waals surface area contributed by atoms with Crippen LogP contribution in [0.15, 0.2) is 24.3 Å². The monoisotopic (exact) mass is 172 g/mol. The van der Waals surface area contributed by atoms with E-state index < -0.39 is 0 Å². The van der Waals surface area contributed by atoms with Gasteiger partial charge in [0.1, 0.15) is 0 Å². The Labute approximate surface area is 78.0 Å². The zero-order valence-corrected chi connectivity index (χ0v) is 7.46. The van der Waals surface area contributed by atoms with E-state index in [0.717, 1.165) is 5.56 Å². The van der Waals surface area contributed by atoms with Gasteiger partial charge in [-0.25, -0.2) is 0 Å². The summed E-state index contributed by atoms with van der Waals surface area (Å²) >= 11 is 0. The molecule has 0 saturated heterocycles. The van der Waals surface area contributed by atoms with Crippen LogP contribution in [0.2, 0.25) is 0 Å². The summed E-state index contributed by atoms with van der Waals surface area (Å²) in [4.78, 5) is 0. The van der Waals surface area contributed by atoms with Crippen LogP contribution in [0, 0.1) is 11.3 Å². The lowest BCUT2D eigenvalue weighted by atomic mass is 9.95. The molecule has 1 saturated carbocycles. The van der Waals surface area contributed by atoms with E-state index in [-0.39, 0.29) is 5.41 Å². The third kappa shape index (κ3) is 1.32. The molecule has 2 rings (SSSR count). The van der Waals surface area contributed by atoms with Gasteiger partial charge in [-0.15, -0.1) is 0 Å². The first-order valence-corrected chi connectivity index (χ1v) is 4.51. The first-order chi connectivity index (χ1) is 6.30. The van der Waals surface area contributed by atoms with Gasteiger partial charge >= 0.3 is 0 Å². The molecule has 2 N–H and O–H groups in total. The molecule has 0 radical (unpaired) electrons. The number of nitriles is 1. The van der Waals surface area contributed by atoms with Crippen molar-refractivity contribution in [2.75, 3.05) is 6.54 Å². The lowest BCUT2D eigenvalue weighted by Crippen LogP contribution is -2.19. The molecule has 1 fully saturated rings. The van der Waals surface area contributed by atoms with E-state index >= 15 is 0 Å². The third-order valence-electron chi connectivity index (χ3n) is 2.85. The van der Waals surface area contributed by atoms with Gasteiger partial charge in [-0.2, -0.15) is 5.26 Å². The predicted molar refractivity (Wildman–Crippen MR) is 51.1 cm³/mol. The zero-order chi connectivity index (χ0) is 9.31. The highest BCUT2D eigenvalue weighted by atomic mass is 14.7. The van der Waals surface area contributed by atoms with Crippen LogP contribution in [0.25, 0.3) is 0 Å². The van der Waals surface area contributed by atoms with Crippen LogP contribution in [-0.4, -0.2) is 6.54 Å². The second-order valence-electron chi connectivity index (χ2n) is 3.68. The van der Waals surface area contributed by atoms with Gasteiger partial charge in [-0.05, 0) is 30.5 Å². The molecule has 1 aromatic carbocycles. The van der Waals surface area contributed by atoms with Crippen molar-refractivity contribution in [3.63, 3.8) is 0 Å². The van der Waals surface area contributed by atoms with E-state index in [0.29, 0.717) is 6.54 Å². The fraction of sp³-hybridized carbons (Fsp3) is 0.364. The molecule has 0 bridgehead atoms. The lowest BCUT2D eigenvalue weighted by Gasteiger charge is -2.12. The molecule has 0 heterocycles. The molecule has 13 heavy (non-hydrogen) atoms. The predicted octanol–water partition coefficient (Wildman–Crippen LogP) is 1.55. The van der Waals surface area contributed by atoms with Crippen molar-refractivity contribution < 1.29 is 0 Å². The highest BCUT2D eigenvalue weighted by Crippen LogP contribution is 2.47. The van der Waals surface area contributed by atoms with Crippen molar-refractivity contribution in [2.45, 2.75) is 18.3 Å². The van der Waals surface area contributed by atoms with E-state index in [1.54, 1.807) is 0 Å². The van der Waals surface area contributed by atoms with E-state index in [1.807, 2.05) is 18.2 Å². The second kappa shape index (κ2) is 2.86. The highest BCUT2D eigenvalue weighted by Gasteiger charge is 2.42. The molecule has 1 aliphatic carbocycles. The quantitative estimate of drug-likeness (QED) is 0.735. The summed E-state index contributed by atoms with van der Waals surface area (Å²) in [5, 5.41) is 8.74. The molecular formula is C11H12N2. The summed E-state index contributed by atoms with van der Waals surface area (Å²) in [5.74, 6) is 0. The minimum Gasteiger partial charge on any atom is -0.330 e. The number of hydrogen-bond acceptors (Lipinski definition) is 2. The number of benzene rings is 1. The smallest absolute Gasteiger partial charge is 0.0991 e. The van der Waals surface area contributed by atoms with Crippen LogP contribution in [0.3, 0.4) is 0 Å². The van der Waals surface area contributed by atoms with E-state index in [4.69, 9.17) is 11.0 Å². The van der Waals surface area contributed by atoms with Crippen LogP contribution < -0.4 is 5.73 Å². The second-order valence-corrected chi connectivity index (χ2v) is 3.68. The van der Waals surface area contributed by atoms with Crippen LogP contribution in [0.1, 0.15) is 24.0 Å². The summed E-state index contributed by atoms with van der Waals surface area (Å²) in [5.41, 5.74) is 7.87. The average molecular weight is 172 g/mol. The first kappa shape index (κ1) is 8.28. The summed E-state index contributed by atoms with van der Waals surface area (Å²) in [6.45, 7) is 0.696. The molecule has 1 aliphatic rings. The fourth-order valence-corrected chi connectivity index (χ4v) is 1.68. The summed E-state index contributed by atoms with van der Waals surface area (Å²) in [7, 11) is 0. The number of nitrogens with zero attached hydrogens (tertiary/aromatic N) is 1. The van der Waals surface area contributed by atoms with Crippen LogP contribution >= 0.6 is 0 Å².